The SMILES string of the molecule is CCCCCCC/C=C\CCCCCCCC(=O)OCCCCCCCCCCCCCCCCCCCCCCCCCCCCCCCC(=O)NC(CO)C(O)/C=C/CCCCCCCCCCCCCCCCC. The second-order valence-corrected chi connectivity index (χ2v) is 24.2. The second-order valence-electron chi connectivity index (χ2n) is 24.2. The van der Waals surface area contributed by atoms with Crippen LogP contribution in [0.25, 0.3) is 0 Å². The van der Waals surface area contributed by atoms with E-state index in [0.717, 1.165) is 44.9 Å². The number of carbonyl (C=O) groups is 2. The zero-order valence-electron chi connectivity index (χ0n) is 52.2. The van der Waals surface area contributed by atoms with E-state index in [9.17, 15) is 19.8 Å². The predicted molar refractivity (Wildman–Crippen MR) is 338 cm³/mol. The molecule has 6 nitrogen and oxygen atoms in total. The quantitative estimate of drug-likeness (QED) is 0.0320. The molecular formula is C71H137NO5. The zero-order valence-corrected chi connectivity index (χ0v) is 52.2. The maximum absolute atomic E-state index is 12.5. The summed E-state index contributed by atoms with van der Waals surface area (Å²) in [7, 11) is 0. The van der Waals surface area contributed by atoms with Crippen molar-refractivity contribution in [1.29, 1.82) is 0 Å². The number of hydrogen-bond donors (Lipinski definition) is 3. The third kappa shape index (κ3) is 63.4. The second kappa shape index (κ2) is 66.8. The van der Waals surface area contributed by atoms with Gasteiger partial charge in [-0.2, -0.15) is 0 Å². The Morgan fingerprint density at radius 1 is 0.351 bits per heavy atom. The molecule has 0 saturated heterocycles. The Balaban J connectivity index is 3.35. The third-order valence-corrected chi connectivity index (χ3v) is 16.5. The number of nitrogens with one attached hydrogen (secondary N) is 1. The molecule has 0 saturated carbocycles. The molecule has 0 aromatic carbocycles. The van der Waals surface area contributed by atoms with Crippen molar-refractivity contribution in [3.8, 4) is 0 Å². The third-order valence-electron chi connectivity index (χ3n) is 16.5. The van der Waals surface area contributed by atoms with Crippen molar-refractivity contribution in [1.82, 2.24) is 5.32 Å². The first kappa shape index (κ1) is 75.3. The molecule has 0 aliphatic rings. The van der Waals surface area contributed by atoms with Gasteiger partial charge in [-0.15, -0.1) is 0 Å². The van der Waals surface area contributed by atoms with Gasteiger partial charge in [0, 0.05) is 12.8 Å². The fourth-order valence-electron chi connectivity index (χ4n) is 11.1. The van der Waals surface area contributed by atoms with E-state index in [2.05, 4.69) is 31.3 Å². The van der Waals surface area contributed by atoms with Gasteiger partial charge in [-0.3, -0.25) is 9.59 Å². The van der Waals surface area contributed by atoms with Crippen molar-refractivity contribution < 1.29 is 24.5 Å². The van der Waals surface area contributed by atoms with Gasteiger partial charge in [-0.1, -0.05) is 346 Å². The van der Waals surface area contributed by atoms with E-state index in [1.165, 1.54) is 321 Å². The van der Waals surface area contributed by atoms with E-state index >= 15 is 0 Å². The first-order valence-corrected chi connectivity index (χ1v) is 35.1. The average Bonchev–Trinajstić information content (AvgIpc) is 3.43. The van der Waals surface area contributed by atoms with Gasteiger partial charge in [0.2, 0.25) is 5.91 Å². The molecule has 0 rings (SSSR count). The minimum Gasteiger partial charge on any atom is -0.466 e. The Kier molecular flexibility index (Phi) is 65.4. The number of unbranched alkanes of at least 4 members (excludes halogenated alkanes) is 53. The molecule has 0 fully saturated rings. The van der Waals surface area contributed by atoms with Crippen molar-refractivity contribution in [3.05, 3.63) is 24.3 Å². The number of rotatable bonds is 66. The lowest BCUT2D eigenvalue weighted by Gasteiger charge is -2.20. The van der Waals surface area contributed by atoms with Gasteiger partial charge in [0.15, 0.2) is 0 Å². The number of hydrogen-bond acceptors (Lipinski definition) is 5. The van der Waals surface area contributed by atoms with Crippen LogP contribution in [0.2, 0.25) is 0 Å². The molecule has 2 atom stereocenters. The monoisotopic (exact) mass is 1080 g/mol. The number of esters is 1. The minimum atomic E-state index is -0.842. The van der Waals surface area contributed by atoms with Crippen LogP contribution in [0.5, 0.6) is 0 Å². The van der Waals surface area contributed by atoms with Crippen molar-refractivity contribution in [2.75, 3.05) is 13.2 Å². The molecule has 3 N–H and O–H groups in total. The summed E-state index contributed by atoms with van der Waals surface area (Å²) in [4.78, 5) is 24.6. The summed E-state index contributed by atoms with van der Waals surface area (Å²) in [6.07, 6.45) is 84.0. The maximum atomic E-state index is 12.5. The summed E-state index contributed by atoms with van der Waals surface area (Å²) in [5.41, 5.74) is 0. The molecule has 0 bridgehead atoms. The lowest BCUT2D eigenvalue weighted by molar-refractivity contribution is -0.143. The van der Waals surface area contributed by atoms with Crippen LogP contribution in [0, 0.1) is 0 Å². The lowest BCUT2D eigenvalue weighted by atomic mass is 10.0. The molecule has 6 heteroatoms. The molecule has 0 aliphatic carbocycles. The normalized spacial score (nSPS) is 12.6. The molecule has 0 spiro atoms. The molecule has 0 aromatic heterocycles. The van der Waals surface area contributed by atoms with Gasteiger partial charge in [-0.05, 0) is 57.8 Å². The van der Waals surface area contributed by atoms with Crippen LogP contribution >= 0.6 is 0 Å². The molecule has 2 unspecified atom stereocenters. The number of allylic oxidation sites excluding steroid dienone is 3. The minimum absolute atomic E-state index is 0.0112. The van der Waals surface area contributed by atoms with Crippen molar-refractivity contribution in [2.24, 2.45) is 0 Å². The van der Waals surface area contributed by atoms with Crippen LogP contribution in [0.15, 0.2) is 24.3 Å². The average molecular weight is 1080 g/mol. The highest BCUT2D eigenvalue weighted by molar-refractivity contribution is 5.76. The summed E-state index contributed by atoms with van der Waals surface area (Å²) in [5, 5.41) is 23.2. The topological polar surface area (TPSA) is 95.9 Å². The smallest absolute Gasteiger partial charge is 0.305 e. The highest BCUT2D eigenvalue weighted by Crippen LogP contribution is 2.19. The van der Waals surface area contributed by atoms with Crippen molar-refractivity contribution in [3.63, 3.8) is 0 Å². The molecule has 0 aliphatic heterocycles. The fraction of sp³-hybridized carbons (Fsp3) is 0.915. The van der Waals surface area contributed by atoms with Crippen LogP contribution in [-0.4, -0.2) is 47.4 Å². The number of amides is 1. The van der Waals surface area contributed by atoms with Crippen LogP contribution < -0.4 is 5.32 Å². The lowest BCUT2D eigenvalue weighted by Crippen LogP contribution is -2.45. The number of ether oxygens (including phenoxy) is 1. The molecular weight excluding hydrogens is 947 g/mol. The molecule has 0 radical (unpaired) electrons. The first-order valence-electron chi connectivity index (χ1n) is 35.1. The first-order chi connectivity index (χ1) is 38.0. The highest BCUT2D eigenvalue weighted by atomic mass is 16.5. The Bertz CT molecular complexity index is 1200. The van der Waals surface area contributed by atoms with E-state index in [0.29, 0.717) is 19.4 Å². The van der Waals surface area contributed by atoms with Crippen LogP contribution in [0.4, 0.5) is 0 Å². The van der Waals surface area contributed by atoms with Crippen LogP contribution in [-0.2, 0) is 14.3 Å². The highest BCUT2D eigenvalue weighted by Gasteiger charge is 2.18. The van der Waals surface area contributed by atoms with E-state index in [-0.39, 0.29) is 18.5 Å². The van der Waals surface area contributed by atoms with E-state index < -0.39 is 12.1 Å². The van der Waals surface area contributed by atoms with Gasteiger partial charge < -0.3 is 20.3 Å². The van der Waals surface area contributed by atoms with Gasteiger partial charge in [0.05, 0.1) is 25.4 Å². The van der Waals surface area contributed by atoms with Gasteiger partial charge in [0.25, 0.3) is 0 Å². The van der Waals surface area contributed by atoms with Gasteiger partial charge in [-0.25, -0.2) is 0 Å². The number of aliphatic hydroxyl groups is 2. The van der Waals surface area contributed by atoms with E-state index in [4.69, 9.17) is 4.74 Å². The van der Waals surface area contributed by atoms with Gasteiger partial charge in [0.1, 0.15) is 0 Å². The summed E-state index contributed by atoms with van der Waals surface area (Å²) >= 11 is 0. The molecule has 1 amide bonds. The maximum Gasteiger partial charge on any atom is 0.305 e. The van der Waals surface area contributed by atoms with Crippen molar-refractivity contribution in [2.45, 2.75) is 405 Å². The summed E-state index contributed by atoms with van der Waals surface area (Å²) in [5.74, 6) is -0.0502. The van der Waals surface area contributed by atoms with Crippen LogP contribution in [0.3, 0.4) is 0 Å². The Labute approximate surface area is 481 Å². The Morgan fingerprint density at radius 2 is 0.610 bits per heavy atom. The Morgan fingerprint density at radius 3 is 0.922 bits per heavy atom. The largest absolute Gasteiger partial charge is 0.466 e. The fourth-order valence-corrected chi connectivity index (χ4v) is 11.1. The predicted octanol–water partition coefficient (Wildman–Crippen LogP) is 22.5. The summed E-state index contributed by atoms with van der Waals surface area (Å²) < 4.78 is 5.49. The molecule has 77 heavy (non-hydrogen) atoms. The molecule has 0 aromatic rings. The van der Waals surface area contributed by atoms with E-state index in [1.807, 2.05) is 6.08 Å². The zero-order chi connectivity index (χ0) is 55.7. The van der Waals surface area contributed by atoms with Crippen molar-refractivity contribution >= 4 is 11.9 Å². The van der Waals surface area contributed by atoms with Crippen LogP contribution in [0.1, 0.15) is 393 Å². The van der Waals surface area contributed by atoms with Gasteiger partial charge >= 0.3 is 5.97 Å². The molecule has 0 heterocycles. The number of carbonyl (C=O) groups excluding carboxylic acids is 2. The Hall–Kier alpha value is -1.66. The standard InChI is InChI=1S/C71H137NO5/c1-3-5-7-9-11-13-15-17-19-33-36-39-43-47-51-55-59-63-69(74)68(67-73)72-70(75)64-60-56-52-48-44-40-37-34-31-29-27-25-23-21-20-22-24-26-28-30-32-35-38-42-46-50-54-58-62-66-77-71(76)65-61-57-53-49-45-41-18-16-14-12-10-8-6-4-2/h16,18,59,63,68-69,73-74H,3-15,17,19-58,60-62,64-67H2,1-2H3,(H,72,75)/b18-16-,63-59+. The summed E-state index contributed by atoms with van der Waals surface area (Å²) in [6.45, 7) is 4.93. The van der Waals surface area contributed by atoms with E-state index in [1.54, 1.807) is 6.08 Å². The summed E-state index contributed by atoms with van der Waals surface area (Å²) in [6, 6.07) is -0.625. The number of aliphatic hydroxyl groups excluding tert-OH is 2. The molecule has 456 valence electrons.